The van der Waals surface area contributed by atoms with Gasteiger partial charge in [-0.25, -0.2) is 4.79 Å². The zero-order chi connectivity index (χ0) is 19.2. The Labute approximate surface area is 158 Å². The molecule has 0 aromatic rings. The lowest BCUT2D eigenvalue weighted by Gasteiger charge is -2.37. The number of ether oxygens (including phenoxy) is 2. The molecular formula is C20H38N2O4. The van der Waals surface area contributed by atoms with Gasteiger partial charge in [-0.1, -0.05) is 20.8 Å². The molecule has 26 heavy (non-hydrogen) atoms. The molecule has 1 aliphatic heterocycles. The van der Waals surface area contributed by atoms with Gasteiger partial charge in [0.1, 0.15) is 0 Å². The quantitative estimate of drug-likeness (QED) is 0.779. The van der Waals surface area contributed by atoms with Crippen LogP contribution in [0, 0.1) is 11.3 Å². The van der Waals surface area contributed by atoms with Crippen molar-refractivity contribution in [2.24, 2.45) is 11.3 Å². The first-order valence-corrected chi connectivity index (χ1v) is 10.2. The van der Waals surface area contributed by atoms with E-state index >= 15 is 0 Å². The molecule has 1 atom stereocenters. The van der Waals surface area contributed by atoms with Crippen LogP contribution in [0.15, 0.2) is 0 Å². The Bertz CT molecular complexity index is 422. The molecule has 1 aliphatic carbocycles. The van der Waals surface area contributed by atoms with Crippen LogP contribution in [0.2, 0.25) is 0 Å². The molecule has 0 aromatic heterocycles. The largest absolute Gasteiger partial charge is 0.450 e. The van der Waals surface area contributed by atoms with Gasteiger partial charge in [-0.05, 0) is 43.9 Å². The Kier molecular flexibility index (Phi) is 8.17. The summed E-state index contributed by atoms with van der Waals surface area (Å²) in [5.74, 6) is 0.781. The van der Waals surface area contributed by atoms with Crippen LogP contribution in [0.1, 0.15) is 53.4 Å². The second kappa shape index (κ2) is 9.90. The first kappa shape index (κ1) is 21.5. The second-order valence-corrected chi connectivity index (χ2v) is 8.81. The van der Waals surface area contributed by atoms with E-state index < -0.39 is 6.10 Å². The van der Waals surface area contributed by atoms with Crippen molar-refractivity contribution in [3.05, 3.63) is 0 Å². The number of β-amino-alcohol motifs (C(OH)–C–C–N with tert-alkyl or cyclic N) is 1. The summed E-state index contributed by atoms with van der Waals surface area (Å²) in [6.07, 6.45) is 4.25. The van der Waals surface area contributed by atoms with Gasteiger partial charge < -0.3 is 19.5 Å². The lowest BCUT2D eigenvalue weighted by Crippen LogP contribution is -2.51. The molecule has 1 amide bonds. The van der Waals surface area contributed by atoms with Gasteiger partial charge in [0.05, 0.1) is 25.4 Å². The maximum Gasteiger partial charge on any atom is 0.409 e. The second-order valence-electron chi connectivity index (χ2n) is 8.81. The van der Waals surface area contributed by atoms with Crippen molar-refractivity contribution in [1.29, 1.82) is 0 Å². The van der Waals surface area contributed by atoms with Crippen molar-refractivity contribution in [1.82, 2.24) is 9.80 Å². The first-order valence-electron chi connectivity index (χ1n) is 10.2. The van der Waals surface area contributed by atoms with Crippen LogP contribution in [0.25, 0.3) is 0 Å². The van der Waals surface area contributed by atoms with Crippen molar-refractivity contribution in [2.75, 3.05) is 45.9 Å². The summed E-state index contributed by atoms with van der Waals surface area (Å²) in [6, 6.07) is 0. The van der Waals surface area contributed by atoms with E-state index in [0.717, 1.165) is 31.8 Å². The molecule has 1 heterocycles. The standard InChI is InChI=1S/C20H38N2O4/c1-5-25-19(24)22-12-10-21(11-13-22)14-17(23)15-26-18-8-6-16(7-9-18)20(2,3)4/h16-18,23H,5-15H2,1-4H3/t16?,17-,18?/m1/s1. The molecule has 0 radical (unpaired) electrons. The van der Waals surface area contributed by atoms with Gasteiger partial charge >= 0.3 is 6.09 Å². The molecule has 2 aliphatic rings. The van der Waals surface area contributed by atoms with Gasteiger partial charge in [0, 0.05) is 32.7 Å². The zero-order valence-corrected chi connectivity index (χ0v) is 17.1. The van der Waals surface area contributed by atoms with Crippen molar-refractivity contribution < 1.29 is 19.4 Å². The van der Waals surface area contributed by atoms with Crippen LogP contribution in [0.4, 0.5) is 4.79 Å². The smallest absolute Gasteiger partial charge is 0.409 e. The molecular weight excluding hydrogens is 332 g/mol. The Morgan fingerprint density at radius 1 is 1.12 bits per heavy atom. The molecule has 1 saturated carbocycles. The van der Waals surface area contributed by atoms with Crippen LogP contribution in [-0.4, -0.2) is 79.1 Å². The number of nitrogens with zero attached hydrogens (tertiary/aromatic N) is 2. The maximum atomic E-state index is 11.7. The Balaban J connectivity index is 1.60. The summed E-state index contributed by atoms with van der Waals surface area (Å²) < 4.78 is 11.0. The minimum atomic E-state index is -0.468. The van der Waals surface area contributed by atoms with Gasteiger partial charge in [-0.3, -0.25) is 4.90 Å². The summed E-state index contributed by atoms with van der Waals surface area (Å²) in [4.78, 5) is 15.6. The molecule has 0 aromatic carbocycles. The molecule has 2 rings (SSSR count). The highest BCUT2D eigenvalue weighted by Gasteiger charge is 2.30. The molecule has 0 unspecified atom stereocenters. The third-order valence-corrected chi connectivity index (χ3v) is 5.79. The monoisotopic (exact) mass is 370 g/mol. The van der Waals surface area contributed by atoms with E-state index in [1.54, 1.807) is 4.90 Å². The van der Waals surface area contributed by atoms with Crippen molar-refractivity contribution in [3.8, 4) is 0 Å². The predicted octanol–water partition coefficient (Wildman–Crippen LogP) is 2.74. The third-order valence-electron chi connectivity index (χ3n) is 5.79. The average Bonchev–Trinajstić information content (AvgIpc) is 2.60. The summed E-state index contributed by atoms with van der Waals surface area (Å²) in [7, 11) is 0. The highest BCUT2D eigenvalue weighted by atomic mass is 16.6. The molecule has 1 N–H and O–H groups in total. The zero-order valence-electron chi connectivity index (χ0n) is 17.1. The number of carbonyl (C=O) groups is 1. The van der Waals surface area contributed by atoms with Gasteiger partial charge in [0.2, 0.25) is 0 Å². The van der Waals surface area contributed by atoms with Crippen molar-refractivity contribution >= 4 is 6.09 Å². The first-order chi connectivity index (χ1) is 12.3. The Hall–Kier alpha value is -0.850. The van der Waals surface area contributed by atoms with Crippen LogP contribution in [0.3, 0.4) is 0 Å². The lowest BCUT2D eigenvalue weighted by atomic mass is 9.72. The molecule has 2 fully saturated rings. The molecule has 1 saturated heterocycles. The molecule has 6 nitrogen and oxygen atoms in total. The Morgan fingerprint density at radius 3 is 2.27 bits per heavy atom. The van der Waals surface area contributed by atoms with E-state index in [-0.39, 0.29) is 6.09 Å². The highest BCUT2D eigenvalue weighted by Crippen LogP contribution is 2.38. The SMILES string of the molecule is CCOC(=O)N1CCN(C[C@@H](O)COC2CCC(C(C)(C)C)CC2)CC1. The van der Waals surface area contributed by atoms with E-state index in [4.69, 9.17) is 9.47 Å². The number of rotatable bonds is 6. The number of carbonyl (C=O) groups excluding carboxylic acids is 1. The van der Waals surface area contributed by atoms with Crippen LogP contribution in [0.5, 0.6) is 0 Å². The fraction of sp³-hybridized carbons (Fsp3) is 0.950. The van der Waals surface area contributed by atoms with E-state index in [0.29, 0.717) is 44.4 Å². The average molecular weight is 371 g/mol. The fourth-order valence-electron chi connectivity index (χ4n) is 4.02. The molecule has 0 bridgehead atoms. The number of hydrogen-bond acceptors (Lipinski definition) is 5. The number of piperazine rings is 1. The summed E-state index contributed by atoms with van der Waals surface area (Å²) >= 11 is 0. The number of hydrogen-bond donors (Lipinski definition) is 1. The fourth-order valence-corrected chi connectivity index (χ4v) is 4.02. The van der Waals surface area contributed by atoms with E-state index in [1.165, 1.54) is 12.8 Å². The summed E-state index contributed by atoms with van der Waals surface area (Å²) in [6.45, 7) is 13.1. The summed E-state index contributed by atoms with van der Waals surface area (Å²) in [5.41, 5.74) is 0.385. The van der Waals surface area contributed by atoms with Crippen LogP contribution >= 0.6 is 0 Å². The van der Waals surface area contributed by atoms with Gasteiger partial charge in [0.15, 0.2) is 0 Å². The normalized spacial score (nSPS) is 26.6. The third kappa shape index (κ3) is 6.71. The van der Waals surface area contributed by atoms with Crippen LogP contribution in [-0.2, 0) is 9.47 Å². The topological polar surface area (TPSA) is 62.2 Å². The van der Waals surface area contributed by atoms with Gasteiger partial charge in [0.25, 0.3) is 0 Å². The number of amides is 1. The molecule has 152 valence electrons. The number of aliphatic hydroxyl groups excluding tert-OH is 1. The van der Waals surface area contributed by atoms with Crippen molar-refractivity contribution in [3.63, 3.8) is 0 Å². The highest BCUT2D eigenvalue weighted by molar-refractivity contribution is 5.67. The van der Waals surface area contributed by atoms with E-state index in [2.05, 4.69) is 25.7 Å². The van der Waals surface area contributed by atoms with E-state index in [9.17, 15) is 9.90 Å². The number of aliphatic hydroxyl groups is 1. The van der Waals surface area contributed by atoms with Crippen molar-refractivity contribution in [2.45, 2.75) is 65.6 Å². The van der Waals surface area contributed by atoms with E-state index in [1.807, 2.05) is 6.92 Å². The predicted molar refractivity (Wildman–Crippen MR) is 102 cm³/mol. The maximum absolute atomic E-state index is 11.7. The Morgan fingerprint density at radius 2 is 1.73 bits per heavy atom. The van der Waals surface area contributed by atoms with Gasteiger partial charge in [-0.15, -0.1) is 0 Å². The lowest BCUT2D eigenvalue weighted by molar-refractivity contribution is -0.0469. The molecule has 0 spiro atoms. The summed E-state index contributed by atoms with van der Waals surface area (Å²) in [5, 5.41) is 10.3. The van der Waals surface area contributed by atoms with Crippen LogP contribution < -0.4 is 0 Å². The molecule has 6 heteroatoms. The van der Waals surface area contributed by atoms with Gasteiger partial charge in [-0.2, -0.15) is 0 Å². The minimum absolute atomic E-state index is 0.234. The minimum Gasteiger partial charge on any atom is -0.450 e.